The number of aryl methyl sites for hydroxylation is 1. The largest absolute Gasteiger partial charge is 0.504 e. The highest BCUT2D eigenvalue weighted by molar-refractivity contribution is 5.67. The van der Waals surface area contributed by atoms with Crippen LogP contribution in [-0.2, 0) is 12.0 Å². The van der Waals surface area contributed by atoms with Crippen molar-refractivity contribution in [3.63, 3.8) is 0 Å². The van der Waals surface area contributed by atoms with Gasteiger partial charge in [0.2, 0.25) is 0 Å². The van der Waals surface area contributed by atoms with E-state index >= 15 is 0 Å². The average Bonchev–Trinajstić information content (AvgIpc) is 2.69. The molecule has 2 rings (SSSR count). The van der Waals surface area contributed by atoms with Crippen LogP contribution in [0.15, 0.2) is 30.5 Å². The van der Waals surface area contributed by atoms with Crippen molar-refractivity contribution in [3.05, 3.63) is 36.0 Å². The van der Waals surface area contributed by atoms with Gasteiger partial charge >= 0.3 is 0 Å². The van der Waals surface area contributed by atoms with Crippen LogP contribution in [0.25, 0.3) is 11.3 Å². The molecule has 0 unspecified atom stereocenters. The average molecular weight is 244 g/mol. The fraction of sp³-hybridized carbons (Fsp3) is 0.400. The second-order valence-electron chi connectivity index (χ2n) is 5.52. The van der Waals surface area contributed by atoms with Crippen LogP contribution in [0.3, 0.4) is 0 Å². The molecule has 0 amide bonds. The summed E-state index contributed by atoms with van der Waals surface area (Å²) in [4.78, 5) is 0. The zero-order chi connectivity index (χ0) is 13.3. The van der Waals surface area contributed by atoms with Crippen molar-refractivity contribution in [1.82, 2.24) is 9.78 Å². The zero-order valence-electron chi connectivity index (χ0n) is 11.4. The molecule has 0 saturated heterocycles. The maximum absolute atomic E-state index is 9.93. The summed E-state index contributed by atoms with van der Waals surface area (Å²) >= 11 is 0. The molecule has 1 aromatic carbocycles. The Morgan fingerprint density at radius 1 is 1.28 bits per heavy atom. The normalized spacial score (nSPS) is 11.8. The molecule has 1 heterocycles. The van der Waals surface area contributed by atoms with Gasteiger partial charge in [-0.15, -0.1) is 0 Å². The van der Waals surface area contributed by atoms with Crippen LogP contribution in [0.2, 0.25) is 0 Å². The van der Waals surface area contributed by atoms with Gasteiger partial charge in [0.15, 0.2) is 5.75 Å². The summed E-state index contributed by atoms with van der Waals surface area (Å²) in [6, 6.07) is 8.29. The first-order valence-electron chi connectivity index (χ1n) is 6.29. The first kappa shape index (κ1) is 12.7. The van der Waals surface area contributed by atoms with Crippen LogP contribution in [0.4, 0.5) is 0 Å². The van der Waals surface area contributed by atoms with Gasteiger partial charge in [-0.25, -0.2) is 0 Å². The Kier molecular flexibility index (Phi) is 3.16. The van der Waals surface area contributed by atoms with E-state index in [4.69, 9.17) is 0 Å². The molecule has 96 valence electrons. The topological polar surface area (TPSA) is 38.0 Å². The van der Waals surface area contributed by atoms with Crippen molar-refractivity contribution in [2.75, 3.05) is 0 Å². The predicted molar refractivity (Wildman–Crippen MR) is 73.7 cm³/mol. The van der Waals surface area contributed by atoms with Crippen molar-refractivity contribution >= 4 is 0 Å². The summed E-state index contributed by atoms with van der Waals surface area (Å²) in [6.07, 6.45) is 1.50. The van der Waals surface area contributed by atoms with Gasteiger partial charge < -0.3 is 5.11 Å². The molecule has 0 saturated carbocycles. The third-order valence-corrected chi connectivity index (χ3v) is 3.12. The Labute approximate surface area is 108 Å². The highest BCUT2D eigenvalue weighted by Crippen LogP contribution is 2.32. The molecule has 0 aliphatic carbocycles. The Bertz CT molecular complexity index is 550. The minimum atomic E-state index is 0.0999. The van der Waals surface area contributed by atoms with Crippen LogP contribution >= 0.6 is 0 Å². The van der Waals surface area contributed by atoms with Gasteiger partial charge in [0.05, 0.1) is 6.20 Å². The summed E-state index contributed by atoms with van der Waals surface area (Å²) in [6.45, 7) is 9.31. The van der Waals surface area contributed by atoms with Gasteiger partial charge in [0.25, 0.3) is 0 Å². The van der Waals surface area contributed by atoms with Crippen molar-refractivity contribution in [3.8, 4) is 17.0 Å². The molecular weight excluding hydrogens is 224 g/mol. The summed E-state index contributed by atoms with van der Waals surface area (Å²) in [5.74, 6) is 0.239. The highest BCUT2D eigenvalue weighted by Gasteiger charge is 2.16. The van der Waals surface area contributed by atoms with Gasteiger partial charge in [-0.1, -0.05) is 39.0 Å². The van der Waals surface area contributed by atoms with E-state index in [0.717, 1.165) is 17.8 Å². The van der Waals surface area contributed by atoms with E-state index in [1.807, 2.05) is 23.7 Å². The molecule has 1 N–H and O–H groups in total. The number of rotatable bonds is 2. The van der Waals surface area contributed by atoms with Gasteiger partial charge in [-0.3, -0.25) is 4.68 Å². The summed E-state index contributed by atoms with van der Waals surface area (Å²) in [5, 5.41) is 14.1. The van der Waals surface area contributed by atoms with Gasteiger partial charge in [0, 0.05) is 12.1 Å². The SMILES string of the molecule is CCn1ncc(O)c1-c1cccc(C(C)(C)C)c1. The van der Waals surface area contributed by atoms with Crippen molar-refractivity contribution < 1.29 is 5.11 Å². The first-order chi connectivity index (χ1) is 8.43. The maximum Gasteiger partial charge on any atom is 0.161 e. The summed E-state index contributed by atoms with van der Waals surface area (Å²) in [7, 11) is 0. The van der Waals surface area contributed by atoms with Gasteiger partial charge in [-0.2, -0.15) is 5.10 Å². The molecule has 0 aliphatic rings. The monoisotopic (exact) mass is 244 g/mol. The van der Waals surface area contributed by atoms with Gasteiger partial charge in [-0.05, 0) is 24.0 Å². The Morgan fingerprint density at radius 3 is 2.61 bits per heavy atom. The molecule has 0 fully saturated rings. The molecule has 0 spiro atoms. The standard InChI is InChI=1S/C15H20N2O/c1-5-17-14(13(18)10-16-17)11-7-6-8-12(9-11)15(2,3)4/h6-10,18H,5H2,1-4H3. The third kappa shape index (κ3) is 2.26. The van der Waals surface area contributed by atoms with Crippen LogP contribution in [0.1, 0.15) is 33.3 Å². The Balaban J connectivity index is 2.55. The predicted octanol–water partition coefficient (Wildman–Crippen LogP) is 3.57. The lowest BCUT2D eigenvalue weighted by Crippen LogP contribution is -2.11. The van der Waals surface area contributed by atoms with E-state index in [9.17, 15) is 5.11 Å². The first-order valence-corrected chi connectivity index (χ1v) is 6.29. The van der Waals surface area contributed by atoms with E-state index in [-0.39, 0.29) is 11.2 Å². The Morgan fingerprint density at radius 2 is 2.00 bits per heavy atom. The van der Waals surface area contributed by atoms with Crippen molar-refractivity contribution in [2.24, 2.45) is 0 Å². The van der Waals surface area contributed by atoms with Crippen LogP contribution in [0, 0.1) is 0 Å². The van der Waals surface area contributed by atoms with E-state index in [1.54, 1.807) is 0 Å². The molecule has 3 nitrogen and oxygen atoms in total. The summed E-state index contributed by atoms with van der Waals surface area (Å²) in [5.41, 5.74) is 3.16. The second kappa shape index (κ2) is 4.48. The van der Waals surface area contributed by atoms with E-state index < -0.39 is 0 Å². The lowest BCUT2D eigenvalue weighted by Gasteiger charge is -2.20. The van der Waals surface area contributed by atoms with E-state index in [1.165, 1.54) is 11.8 Å². The van der Waals surface area contributed by atoms with Crippen molar-refractivity contribution in [2.45, 2.75) is 39.7 Å². The fourth-order valence-corrected chi connectivity index (χ4v) is 2.05. The summed E-state index contributed by atoms with van der Waals surface area (Å²) < 4.78 is 1.82. The number of hydrogen-bond donors (Lipinski definition) is 1. The molecule has 0 radical (unpaired) electrons. The molecule has 0 aliphatic heterocycles. The quantitative estimate of drug-likeness (QED) is 0.877. The lowest BCUT2D eigenvalue weighted by atomic mass is 9.86. The van der Waals surface area contributed by atoms with E-state index in [2.05, 4.69) is 38.0 Å². The fourth-order valence-electron chi connectivity index (χ4n) is 2.05. The molecule has 18 heavy (non-hydrogen) atoms. The third-order valence-electron chi connectivity index (χ3n) is 3.12. The van der Waals surface area contributed by atoms with Crippen LogP contribution in [-0.4, -0.2) is 14.9 Å². The maximum atomic E-state index is 9.93. The Hall–Kier alpha value is -1.77. The number of hydrogen-bond acceptors (Lipinski definition) is 2. The number of aromatic nitrogens is 2. The number of nitrogens with zero attached hydrogens (tertiary/aromatic N) is 2. The van der Waals surface area contributed by atoms with Gasteiger partial charge in [0.1, 0.15) is 5.69 Å². The smallest absolute Gasteiger partial charge is 0.161 e. The zero-order valence-corrected chi connectivity index (χ0v) is 11.4. The van der Waals surface area contributed by atoms with E-state index in [0.29, 0.717) is 0 Å². The molecule has 1 aromatic heterocycles. The highest BCUT2D eigenvalue weighted by atomic mass is 16.3. The minimum Gasteiger partial charge on any atom is -0.504 e. The number of benzene rings is 1. The van der Waals surface area contributed by atoms with Crippen LogP contribution < -0.4 is 0 Å². The molecule has 0 bridgehead atoms. The van der Waals surface area contributed by atoms with Crippen LogP contribution in [0.5, 0.6) is 5.75 Å². The molecule has 2 aromatic rings. The molecule has 3 heteroatoms. The molecular formula is C15H20N2O. The second-order valence-corrected chi connectivity index (χ2v) is 5.52. The number of aromatic hydroxyl groups is 1. The minimum absolute atomic E-state index is 0.0999. The molecule has 0 atom stereocenters. The lowest BCUT2D eigenvalue weighted by molar-refractivity contribution is 0.476. The van der Waals surface area contributed by atoms with Crippen molar-refractivity contribution in [1.29, 1.82) is 0 Å².